The van der Waals surface area contributed by atoms with E-state index in [1.807, 2.05) is 12.1 Å². The van der Waals surface area contributed by atoms with Gasteiger partial charge in [0.05, 0.1) is 0 Å². The Bertz CT molecular complexity index is 323. The van der Waals surface area contributed by atoms with E-state index in [-0.39, 0.29) is 0 Å². The average molecular weight is 239 g/mol. The minimum Gasteiger partial charge on any atom is -0.329 e. The van der Waals surface area contributed by atoms with Gasteiger partial charge in [-0.1, -0.05) is 30.2 Å². The van der Waals surface area contributed by atoms with E-state index in [9.17, 15) is 0 Å². The SMILES string of the molecule is NCC1CCCCN1Cc1ccc(Cl)cc1. The van der Waals surface area contributed by atoms with Crippen LogP contribution < -0.4 is 5.73 Å². The number of nitrogens with two attached hydrogens (primary N) is 1. The predicted molar refractivity (Wildman–Crippen MR) is 68.6 cm³/mol. The molecule has 3 heteroatoms. The van der Waals surface area contributed by atoms with Gasteiger partial charge in [0.15, 0.2) is 0 Å². The first-order valence-electron chi connectivity index (χ1n) is 5.98. The predicted octanol–water partition coefficient (Wildman–Crippen LogP) is 2.65. The third-order valence-corrected chi connectivity index (χ3v) is 3.57. The normalized spacial score (nSPS) is 22.2. The van der Waals surface area contributed by atoms with Gasteiger partial charge in [-0.05, 0) is 37.1 Å². The minimum atomic E-state index is 0.560. The summed E-state index contributed by atoms with van der Waals surface area (Å²) in [5.74, 6) is 0. The van der Waals surface area contributed by atoms with Gasteiger partial charge >= 0.3 is 0 Å². The van der Waals surface area contributed by atoms with Crippen LogP contribution in [-0.4, -0.2) is 24.0 Å². The highest BCUT2D eigenvalue weighted by atomic mass is 35.5. The molecule has 1 aromatic carbocycles. The molecule has 2 N–H and O–H groups in total. The zero-order valence-corrected chi connectivity index (χ0v) is 10.3. The summed E-state index contributed by atoms with van der Waals surface area (Å²) in [5.41, 5.74) is 7.13. The molecule has 0 bridgehead atoms. The number of benzene rings is 1. The lowest BCUT2D eigenvalue weighted by atomic mass is 10.0. The second-order valence-electron chi connectivity index (χ2n) is 4.48. The van der Waals surface area contributed by atoms with Gasteiger partial charge in [0.2, 0.25) is 0 Å². The van der Waals surface area contributed by atoms with Crippen molar-refractivity contribution in [3.8, 4) is 0 Å². The maximum atomic E-state index is 5.88. The van der Waals surface area contributed by atoms with Crippen LogP contribution in [0.25, 0.3) is 0 Å². The van der Waals surface area contributed by atoms with Gasteiger partial charge in [-0.2, -0.15) is 0 Å². The van der Waals surface area contributed by atoms with Gasteiger partial charge in [0.1, 0.15) is 0 Å². The summed E-state index contributed by atoms with van der Waals surface area (Å²) in [7, 11) is 0. The van der Waals surface area contributed by atoms with Crippen LogP contribution in [0.4, 0.5) is 0 Å². The first kappa shape index (κ1) is 11.9. The summed E-state index contributed by atoms with van der Waals surface area (Å²) in [4.78, 5) is 2.49. The van der Waals surface area contributed by atoms with Crippen molar-refractivity contribution in [2.45, 2.75) is 31.8 Å². The van der Waals surface area contributed by atoms with Crippen molar-refractivity contribution < 1.29 is 0 Å². The van der Waals surface area contributed by atoms with Crippen LogP contribution in [0, 0.1) is 0 Å². The first-order valence-corrected chi connectivity index (χ1v) is 6.36. The molecule has 1 aliphatic rings. The number of piperidine rings is 1. The molecule has 0 aliphatic carbocycles. The fraction of sp³-hybridized carbons (Fsp3) is 0.538. The smallest absolute Gasteiger partial charge is 0.0406 e. The molecule has 1 unspecified atom stereocenters. The zero-order chi connectivity index (χ0) is 11.4. The summed E-state index contributed by atoms with van der Waals surface area (Å²) >= 11 is 5.88. The molecular weight excluding hydrogens is 220 g/mol. The highest BCUT2D eigenvalue weighted by Crippen LogP contribution is 2.19. The molecule has 1 fully saturated rings. The van der Waals surface area contributed by atoms with Crippen molar-refractivity contribution in [2.75, 3.05) is 13.1 Å². The van der Waals surface area contributed by atoms with E-state index in [1.54, 1.807) is 0 Å². The van der Waals surface area contributed by atoms with Crippen molar-refractivity contribution in [3.63, 3.8) is 0 Å². The Kier molecular flexibility index (Phi) is 4.22. The topological polar surface area (TPSA) is 29.3 Å². The quantitative estimate of drug-likeness (QED) is 0.877. The number of nitrogens with zero attached hydrogens (tertiary/aromatic N) is 1. The maximum absolute atomic E-state index is 5.88. The van der Waals surface area contributed by atoms with Crippen LogP contribution in [-0.2, 0) is 6.54 Å². The van der Waals surface area contributed by atoms with E-state index < -0.39 is 0 Å². The number of halogens is 1. The maximum Gasteiger partial charge on any atom is 0.0406 e. The molecule has 1 aromatic rings. The van der Waals surface area contributed by atoms with Gasteiger partial charge in [-0.15, -0.1) is 0 Å². The third-order valence-electron chi connectivity index (χ3n) is 3.32. The second-order valence-corrected chi connectivity index (χ2v) is 4.92. The summed E-state index contributed by atoms with van der Waals surface area (Å²) in [6.07, 6.45) is 3.85. The zero-order valence-electron chi connectivity index (χ0n) is 9.53. The van der Waals surface area contributed by atoms with Crippen LogP contribution in [0.2, 0.25) is 5.02 Å². The lowest BCUT2D eigenvalue weighted by molar-refractivity contribution is 0.145. The number of hydrogen-bond acceptors (Lipinski definition) is 2. The van der Waals surface area contributed by atoms with Crippen LogP contribution >= 0.6 is 11.6 Å². The molecule has 1 atom stereocenters. The molecule has 2 rings (SSSR count). The number of rotatable bonds is 3. The molecule has 0 amide bonds. The Morgan fingerprint density at radius 1 is 1.25 bits per heavy atom. The van der Waals surface area contributed by atoms with Crippen LogP contribution in [0.15, 0.2) is 24.3 Å². The van der Waals surface area contributed by atoms with Crippen molar-refractivity contribution in [1.29, 1.82) is 0 Å². The monoisotopic (exact) mass is 238 g/mol. The lowest BCUT2D eigenvalue weighted by Gasteiger charge is -2.35. The fourth-order valence-electron chi connectivity index (χ4n) is 2.36. The Morgan fingerprint density at radius 3 is 2.69 bits per heavy atom. The van der Waals surface area contributed by atoms with Crippen molar-refractivity contribution >= 4 is 11.6 Å². The van der Waals surface area contributed by atoms with Crippen LogP contribution in [0.3, 0.4) is 0 Å². The molecule has 0 spiro atoms. The van der Waals surface area contributed by atoms with Crippen LogP contribution in [0.5, 0.6) is 0 Å². The molecule has 0 aromatic heterocycles. The highest BCUT2D eigenvalue weighted by Gasteiger charge is 2.20. The van der Waals surface area contributed by atoms with Crippen molar-refractivity contribution in [2.24, 2.45) is 5.73 Å². The Balaban J connectivity index is 1.99. The average Bonchev–Trinajstić information content (AvgIpc) is 2.33. The summed E-state index contributed by atoms with van der Waals surface area (Å²) in [6.45, 7) is 2.94. The van der Waals surface area contributed by atoms with E-state index in [4.69, 9.17) is 17.3 Å². The number of likely N-dealkylation sites (tertiary alicyclic amines) is 1. The largest absolute Gasteiger partial charge is 0.329 e. The standard InChI is InChI=1S/C13H19ClN2/c14-12-6-4-11(5-7-12)10-16-8-2-1-3-13(16)9-15/h4-7,13H,1-3,8-10,15H2. The first-order chi connectivity index (χ1) is 7.79. The van der Waals surface area contributed by atoms with Crippen molar-refractivity contribution in [1.82, 2.24) is 4.90 Å². The third kappa shape index (κ3) is 2.97. The summed E-state index contributed by atoms with van der Waals surface area (Å²) in [6, 6.07) is 8.68. The van der Waals surface area contributed by atoms with Gasteiger partial charge in [-0.25, -0.2) is 0 Å². The van der Waals surface area contributed by atoms with Gasteiger partial charge in [-0.3, -0.25) is 4.90 Å². The van der Waals surface area contributed by atoms with Gasteiger partial charge < -0.3 is 5.73 Å². The molecular formula is C13H19ClN2. The summed E-state index contributed by atoms with van der Waals surface area (Å²) < 4.78 is 0. The lowest BCUT2D eigenvalue weighted by Crippen LogP contribution is -2.43. The highest BCUT2D eigenvalue weighted by molar-refractivity contribution is 6.30. The molecule has 2 nitrogen and oxygen atoms in total. The van der Waals surface area contributed by atoms with E-state index >= 15 is 0 Å². The Hall–Kier alpha value is -0.570. The molecule has 88 valence electrons. The molecule has 1 aliphatic heterocycles. The summed E-state index contributed by atoms with van der Waals surface area (Å²) in [5, 5.41) is 0.803. The van der Waals surface area contributed by atoms with E-state index in [2.05, 4.69) is 17.0 Å². The molecule has 0 radical (unpaired) electrons. The van der Waals surface area contributed by atoms with E-state index in [0.29, 0.717) is 6.04 Å². The molecule has 1 heterocycles. The van der Waals surface area contributed by atoms with Crippen LogP contribution in [0.1, 0.15) is 24.8 Å². The van der Waals surface area contributed by atoms with E-state index in [0.717, 1.165) is 18.1 Å². The Labute approximate surface area is 102 Å². The second kappa shape index (κ2) is 5.67. The van der Waals surface area contributed by atoms with Gasteiger partial charge in [0, 0.05) is 24.2 Å². The van der Waals surface area contributed by atoms with E-state index in [1.165, 1.54) is 31.4 Å². The molecule has 0 saturated carbocycles. The fourth-order valence-corrected chi connectivity index (χ4v) is 2.49. The molecule has 1 saturated heterocycles. The number of hydrogen-bond donors (Lipinski definition) is 1. The Morgan fingerprint density at radius 2 is 2.00 bits per heavy atom. The minimum absolute atomic E-state index is 0.560. The molecule has 16 heavy (non-hydrogen) atoms. The van der Waals surface area contributed by atoms with Crippen molar-refractivity contribution in [3.05, 3.63) is 34.9 Å². The van der Waals surface area contributed by atoms with Gasteiger partial charge in [0.25, 0.3) is 0 Å².